The number of ether oxygens (including phenoxy) is 1. The molecular weight excluding hydrogens is 346 g/mol. The van der Waals surface area contributed by atoms with Crippen LogP contribution in [-0.4, -0.2) is 28.0 Å². The van der Waals surface area contributed by atoms with E-state index in [9.17, 15) is 14.4 Å². The highest BCUT2D eigenvalue weighted by Gasteiger charge is 2.18. The number of carbonyl (C=O) groups is 2. The minimum absolute atomic E-state index is 0.0883. The van der Waals surface area contributed by atoms with E-state index in [1.165, 1.54) is 12.1 Å². The number of rotatable bonds is 4. The molecular formula is C20H17N3O4. The number of carbonyl (C=O) groups excluding carboxylic acids is 2. The van der Waals surface area contributed by atoms with E-state index in [4.69, 9.17) is 4.74 Å². The molecule has 0 fully saturated rings. The molecule has 0 unspecified atom stereocenters. The Kier molecular flexibility index (Phi) is 4.42. The number of amides is 1. The number of aromatic nitrogens is 2. The molecule has 3 aromatic rings. The van der Waals surface area contributed by atoms with Crippen LogP contribution in [0.5, 0.6) is 0 Å². The van der Waals surface area contributed by atoms with Crippen LogP contribution in [0.1, 0.15) is 22.6 Å². The molecule has 27 heavy (non-hydrogen) atoms. The lowest BCUT2D eigenvalue weighted by molar-refractivity contribution is -0.119. The minimum atomic E-state index is -0.637. The van der Waals surface area contributed by atoms with Crippen molar-refractivity contribution in [3.63, 3.8) is 0 Å². The van der Waals surface area contributed by atoms with Gasteiger partial charge in [-0.3, -0.25) is 14.2 Å². The number of hydrogen-bond donors (Lipinski definition) is 1. The van der Waals surface area contributed by atoms with E-state index in [0.717, 1.165) is 18.7 Å². The Hall–Kier alpha value is -3.48. The van der Waals surface area contributed by atoms with Crippen molar-refractivity contribution in [3.8, 4) is 0 Å². The third-order valence-corrected chi connectivity index (χ3v) is 4.44. The second kappa shape index (κ2) is 7.03. The van der Waals surface area contributed by atoms with Crippen LogP contribution < -0.4 is 10.9 Å². The van der Waals surface area contributed by atoms with Gasteiger partial charge in [-0.2, -0.15) is 0 Å². The second-order valence-corrected chi connectivity index (χ2v) is 6.31. The number of anilines is 1. The highest BCUT2D eigenvalue weighted by molar-refractivity contribution is 5.97. The normalized spacial score (nSPS) is 12.6. The smallest absolute Gasteiger partial charge is 0.338 e. The fourth-order valence-corrected chi connectivity index (χ4v) is 3.14. The van der Waals surface area contributed by atoms with Crippen molar-refractivity contribution in [2.75, 3.05) is 11.9 Å². The maximum Gasteiger partial charge on any atom is 0.338 e. The second-order valence-electron chi connectivity index (χ2n) is 6.31. The fourth-order valence-electron chi connectivity index (χ4n) is 3.14. The number of esters is 1. The summed E-state index contributed by atoms with van der Waals surface area (Å²) in [4.78, 5) is 41.1. The Morgan fingerprint density at radius 1 is 1.15 bits per heavy atom. The standard InChI is InChI=1S/C20H17N3O4/c24-18(21-14-5-2-1-3-6-14)12-27-20(26)13-8-9-15-16(11-13)22-17-7-4-10-23(17)19(15)25/h1-3,5-6,8-9,11H,4,7,10,12H2,(H,21,24). The van der Waals surface area contributed by atoms with E-state index < -0.39 is 18.5 Å². The zero-order chi connectivity index (χ0) is 18.8. The lowest BCUT2D eigenvalue weighted by Gasteiger charge is -2.08. The molecule has 0 atom stereocenters. The molecule has 0 saturated heterocycles. The van der Waals surface area contributed by atoms with Gasteiger partial charge < -0.3 is 10.1 Å². The third-order valence-electron chi connectivity index (χ3n) is 4.44. The monoisotopic (exact) mass is 363 g/mol. The van der Waals surface area contributed by atoms with E-state index in [1.54, 1.807) is 34.9 Å². The summed E-state index contributed by atoms with van der Waals surface area (Å²) in [6, 6.07) is 13.5. The quantitative estimate of drug-likeness (QED) is 0.717. The van der Waals surface area contributed by atoms with Crippen molar-refractivity contribution in [2.24, 2.45) is 0 Å². The summed E-state index contributed by atoms with van der Waals surface area (Å²) < 4.78 is 6.75. The average Bonchev–Trinajstić information content (AvgIpc) is 3.15. The summed E-state index contributed by atoms with van der Waals surface area (Å²) in [7, 11) is 0. The molecule has 1 aliphatic rings. The number of nitrogens with zero attached hydrogens (tertiary/aromatic N) is 2. The Morgan fingerprint density at radius 2 is 1.96 bits per heavy atom. The van der Waals surface area contributed by atoms with Crippen LogP contribution in [0, 0.1) is 0 Å². The van der Waals surface area contributed by atoms with Gasteiger partial charge in [-0.05, 0) is 36.8 Å². The number of fused-ring (bicyclic) bond motifs is 2. The molecule has 0 saturated carbocycles. The summed E-state index contributed by atoms with van der Waals surface area (Å²) in [6.07, 6.45) is 1.64. The van der Waals surface area contributed by atoms with Gasteiger partial charge in [-0.15, -0.1) is 0 Å². The molecule has 1 amide bonds. The Morgan fingerprint density at radius 3 is 2.78 bits per heavy atom. The van der Waals surface area contributed by atoms with Gasteiger partial charge in [0.1, 0.15) is 5.82 Å². The van der Waals surface area contributed by atoms with Crippen LogP contribution in [0.15, 0.2) is 53.3 Å². The number of benzene rings is 2. The van der Waals surface area contributed by atoms with Gasteiger partial charge in [-0.25, -0.2) is 9.78 Å². The Balaban J connectivity index is 1.47. The Labute approximate surface area is 154 Å². The van der Waals surface area contributed by atoms with Crippen LogP contribution >= 0.6 is 0 Å². The van der Waals surface area contributed by atoms with Gasteiger partial charge in [0.25, 0.3) is 11.5 Å². The largest absolute Gasteiger partial charge is 0.452 e. The zero-order valence-electron chi connectivity index (χ0n) is 14.5. The first-order valence-electron chi connectivity index (χ1n) is 8.67. The molecule has 7 nitrogen and oxygen atoms in total. The highest BCUT2D eigenvalue weighted by atomic mass is 16.5. The molecule has 7 heteroatoms. The third kappa shape index (κ3) is 3.44. The number of para-hydroxylation sites is 1. The SMILES string of the molecule is O=C(COC(=O)c1ccc2c(=O)n3c(nc2c1)CCC3)Nc1ccccc1. The highest BCUT2D eigenvalue weighted by Crippen LogP contribution is 2.16. The predicted molar refractivity (Wildman–Crippen MR) is 99.7 cm³/mol. The molecule has 1 aliphatic heterocycles. The lowest BCUT2D eigenvalue weighted by atomic mass is 10.1. The van der Waals surface area contributed by atoms with Gasteiger partial charge in [0.15, 0.2) is 6.61 Å². The van der Waals surface area contributed by atoms with Crippen LogP contribution in [0.4, 0.5) is 5.69 Å². The topological polar surface area (TPSA) is 90.3 Å². The van der Waals surface area contributed by atoms with E-state index in [-0.39, 0.29) is 11.1 Å². The van der Waals surface area contributed by atoms with Crippen molar-refractivity contribution < 1.29 is 14.3 Å². The molecule has 0 aliphatic carbocycles. The Bertz CT molecular complexity index is 1090. The van der Waals surface area contributed by atoms with Crippen molar-refractivity contribution in [1.82, 2.24) is 9.55 Å². The summed E-state index contributed by atoms with van der Waals surface area (Å²) >= 11 is 0. The summed E-state index contributed by atoms with van der Waals surface area (Å²) in [5.74, 6) is -0.327. The number of aryl methyl sites for hydroxylation is 1. The molecule has 136 valence electrons. The van der Waals surface area contributed by atoms with E-state index in [0.29, 0.717) is 23.1 Å². The molecule has 1 N–H and O–H groups in total. The van der Waals surface area contributed by atoms with Crippen LogP contribution in [0.2, 0.25) is 0 Å². The van der Waals surface area contributed by atoms with Crippen molar-refractivity contribution in [2.45, 2.75) is 19.4 Å². The average molecular weight is 363 g/mol. The van der Waals surface area contributed by atoms with E-state index >= 15 is 0 Å². The molecule has 2 heterocycles. The van der Waals surface area contributed by atoms with Crippen molar-refractivity contribution in [1.29, 1.82) is 0 Å². The lowest BCUT2D eigenvalue weighted by Crippen LogP contribution is -2.22. The van der Waals surface area contributed by atoms with Gasteiger partial charge >= 0.3 is 5.97 Å². The first-order valence-corrected chi connectivity index (χ1v) is 8.67. The van der Waals surface area contributed by atoms with E-state index in [2.05, 4.69) is 10.3 Å². The van der Waals surface area contributed by atoms with Gasteiger partial charge in [-0.1, -0.05) is 18.2 Å². The first kappa shape index (κ1) is 17.0. The molecule has 0 bridgehead atoms. The number of hydrogen-bond acceptors (Lipinski definition) is 5. The van der Waals surface area contributed by atoms with E-state index in [1.807, 2.05) is 6.07 Å². The van der Waals surface area contributed by atoms with Gasteiger partial charge in [0.05, 0.1) is 16.5 Å². The van der Waals surface area contributed by atoms with Gasteiger partial charge in [0, 0.05) is 18.7 Å². The fraction of sp³-hybridized carbons (Fsp3) is 0.200. The zero-order valence-corrected chi connectivity index (χ0v) is 14.5. The molecule has 0 spiro atoms. The molecule has 2 aromatic carbocycles. The van der Waals surface area contributed by atoms with Crippen LogP contribution in [-0.2, 0) is 22.5 Å². The summed E-state index contributed by atoms with van der Waals surface area (Å²) in [6.45, 7) is 0.281. The molecule has 1 aromatic heterocycles. The van der Waals surface area contributed by atoms with Crippen LogP contribution in [0.25, 0.3) is 10.9 Å². The van der Waals surface area contributed by atoms with Crippen molar-refractivity contribution in [3.05, 3.63) is 70.3 Å². The summed E-state index contributed by atoms with van der Waals surface area (Å²) in [5.41, 5.74) is 1.26. The summed E-state index contributed by atoms with van der Waals surface area (Å²) in [5, 5.41) is 3.11. The number of nitrogens with one attached hydrogen (secondary N) is 1. The minimum Gasteiger partial charge on any atom is -0.452 e. The first-order chi connectivity index (χ1) is 13.1. The van der Waals surface area contributed by atoms with Crippen molar-refractivity contribution >= 4 is 28.5 Å². The molecule has 4 rings (SSSR count). The maximum absolute atomic E-state index is 12.4. The van der Waals surface area contributed by atoms with Gasteiger partial charge in [0.2, 0.25) is 0 Å². The molecule has 0 radical (unpaired) electrons. The predicted octanol–water partition coefficient (Wildman–Crippen LogP) is 2.14. The van der Waals surface area contributed by atoms with Crippen LogP contribution in [0.3, 0.4) is 0 Å². The maximum atomic E-state index is 12.4.